The van der Waals surface area contributed by atoms with Gasteiger partial charge in [0.1, 0.15) is 5.75 Å². The first-order chi connectivity index (χ1) is 8.70. The van der Waals surface area contributed by atoms with Crippen molar-refractivity contribution in [1.29, 1.82) is 0 Å². The zero-order chi connectivity index (χ0) is 13.0. The number of ether oxygens (including phenoxy) is 1. The molecule has 1 heterocycles. The van der Waals surface area contributed by atoms with E-state index in [1.807, 2.05) is 25.1 Å². The molecule has 98 valence electrons. The summed E-state index contributed by atoms with van der Waals surface area (Å²) in [6.07, 6.45) is 3.72. The van der Waals surface area contributed by atoms with E-state index in [1.165, 1.54) is 18.9 Å². The summed E-state index contributed by atoms with van der Waals surface area (Å²) in [7, 11) is 0. The van der Waals surface area contributed by atoms with Gasteiger partial charge in [0.15, 0.2) is 0 Å². The maximum atomic E-state index is 11.4. The fourth-order valence-corrected chi connectivity index (χ4v) is 2.31. The van der Waals surface area contributed by atoms with Crippen LogP contribution < -0.4 is 4.74 Å². The summed E-state index contributed by atoms with van der Waals surface area (Å²) in [5.74, 6) is 0.293. The molecule has 0 atom stereocenters. The second-order valence-electron chi connectivity index (χ2n) is 4.67. The molecule has 1 aromatic carbocycles. The van der Waals surface area contributed by atoms with Gasteiger partial charge in [0.25, 0.3) is 0 Å². The first-order valence-corrected chi connectivity index (χ1v) is 6.36. The molecular formula is C15H20KNO2. The van der Waals surface area contributed by atoms with E-state index in [0.29, 0.717) is 5.75 Å². The summed E-state index contributed by atoms with van der Waals surface area (Å²) < 4.78 is 5.35. The minimum absolute atomic E-state index is 0. The minimum atomic E-state index is -0.396. The number of likely N-dealkylation sites (tertiary alicyclic amines) is 1. The predicted octanol–water partition coefficient (Wildman–Crippen LogP) is 2.03. The average molecular weight is 285 g/mol. The van der Waals surface area contributed by atoms with Crippen LogP contribution in [0, 0.1) is 6.92 Å². The number of benzene rings is 1. The fourth-order valence-electron chi connectivity index (χ4n) is 2.31. The summed E-state index contributed by atoms with van der Waals surface area (Å²) in [6.45, 7) is 8.50. The molecule has 0 spiro atoms. The van der Waals surface area contributed by atoms with Crippen molar-refractivity contribution in [3.8, 4) is 5.75 Å². The van der Waals surface area contributed by atoms with Crippen molar-refractivity contribution in [3.63, 3.8) is 0 Å². The fraction of sp³-hybridized carbons (Fsp3) is 0.400. The number of esters is 1. The topological polar surface area (TPSA) is 29.5 Å². The SMILES string of the molecule is C=CC(=O)Oc1c(C)cccc1CN1CCCC1.[KH]. The molecule has 1 aliphatic heterocycles. The van der Waals surface area contributed by atoms with Crippen LogP contribution in [0.25, 0.3) is 0 Å². The second kappa shape index (κ2) is 8.34. The normalized spacial score (nSPS) is 14.8. The van der Waals surface area contributed by atoms with Crippen LogP contribution >= 0.6 is 0 Å². The van der Waals surface area contributed by atoms with Gasteiger partial charge in [-0.25, -0.2) is 4.79 Å². The third-order valence-corrected chi connectivity index (χ3v) is 3.26. The molecule has 0 N–H and O–H groups in total. The number of nitrogens with zero attached hydrogens (tertiary/aromatic N) is 1. The first kappa shape index (κ1) is 17.1. The third-order valence-electron chi connectivity index (χ3n) is 3.26. The van der Waals surface area contributed by atoms with Crippen molar-refractivity contribution in [2.75, 3.05) is 13.1 Å². The van der Waals surface area contributed by atoms with E-state index in [1.54, 1.807) is 0 Å². The van der Waals surface area contributed by atoms with Gasteiger partial charge in [0.2, 0.25) is 0 Å². The standard InChI is InChI=1S/C15H19NO2.K.H/c1-3-14(17)18-15-12(2)7-6-8-13(15)11-16-9-4-5-10-16;;/h3,6-8H,1,4-5,9-11H2,2H3;;. The zero-order valence-electron chi connectivity index (χ0n) is 10.8. The summed E-state index contributed by atoms with van der Waals surface area (Å²) in [6, 6.07) is 5.99. The van der Waals surface area contributed by atoms with Gasteiger partial charge in [0.05, 0.1) is 0 Å². The Morgan fingerprint density at radius 2 is 2.11 bits per heavy atom. The van der Waals surface area contributed by atoms with Gasteiger partial charge in [-0.05, 0) is 38.4 Å². The van der Waals surface area contributed by atoms with Gasteiger partial charge in [-0.3, -0.25) is 4.90 Å². The molecule has 4 heteroatoms. The van der Waals surface area contributed by atoms with E-state index >= 15 is 0 Å². The molecule has 0 aliphatic carbocycles. The predicted molar refractivity (Wildman–Crippen MR) is 78.7 cm³/mol. The maximum absolute atomic E-state index is 11.4. The Balaban J connectivity index is 0.00000180. The molecule has 0 radical (unpaired) electrons. The summed E-state index contributed by atoms with van der Waals surface area (Å²) in [4.78, 5) is 13.8. The Labute approximate surface area is 157 Å². The molecule has 1 fully saturated rings. The van der Waals surface area contributed by atoms with E-state index in [0.717, 1.165) is 30.8 Å². The number of aryl methyl sites for hydroxylation is 1. The van der Waals surface area contributed by atoms with Crippen LogP contribution in [0.15, 0.2) is 30.9 Å². The molecule has 1 aliphatic rings. The molecule has 1 aromatic rings. The molecule has 19 heavy (non-hydrogen) atoms. The van der Waals surface area contributed by atoms with Crippen molar-refractivity contribution in [3.05, 3.63) is 42.0 Å². The van der Waals surface area contributed by atoms with Gasteiger partial charge >= 0.3 is 57.4 Å². The molecule has 0 bridgehead atoms. The average Bonchev–Trinajstić information content (AvgIpc) is 2.86. The number of carbonyl (C=O) groups is 1. The Kier molecular flexibility index (Phi) is 7.50. The number of hydrogen-bond donors (Lipinski definition) is 0. The van der Waals surface area contributed by atoms with E-state index in [-0.39, 0.29) is 51.4 Å². The molecule has 3 nitrogen and oxygen atoms in total. The van der Waals surface area contributed by atoms with Gasteiger partial charge < -0.3 is 4.74 Å². The van der Waals surface area contributed by atoms with E-state index in [9.17, 15) is 4.79 Å². The molecule has 0 unspecified atom stereocenters. The number of hydrogen-bond acceptors (Lipinski definition) is 3. The van der Waals surface area contributed by atoms with E-state index in [2.05, 4.69) is 11.5 Å². The van der Waals surface area contributed by atoms with Crippen LogP contribution in [0.1, 0.15) is 24.0 Å². The van der Waals surface area contributed by atoms with Crippen molar-refractivity contribution in [2.45, 2.75) is 26.3 Å². The van der Waals surface area contributed by atoms with Crippen LogP contribution in [-0.4, -0.2) is 75.3 Å². The summed E-state index contributed by atoms with van der Waals surface area (Å²) in [5, 5.41) is 0. The second-order valence-corrected chi connectivity index (χ2v) is 4.67. The quantitative estimate of drug-likeness (QED) is 0.367. The zero-order valence-corrected chi connectivity index (χ0v) is 10.8. The van der Waals surface area contributed by atoms with Crippen LogP contribution in [0.5, 0.6) is 5.75 Å². The monoisotopic (exact) mass is 285 g/mol. The van der Waals surface area contributed by atoms with Gasteiger partial charge in [-0.15, -0.1) is 0 Å². The number of rotatable bonds is 4. The van der Waals surface area contributed by atoms with Crippen molar-refractivity contribution < 1.29 is 9.53 Å². The van der Waals surface area contributed by atoms with Crippen molar-refractivity contribution in [2.24, 2.45) is 0 Å². The summed E-state index contributed by atoms with van der Waals surface area (Å²) >= 11 is 0. The molecule has 0 saturated carbocycles. The third kappa shape index (κ3) is 4.81. The van der Waals surface area contributed by atoms with Crippen LogP contribution in [0.2, 0.25) is 0 Å². The molecular weight excluding hydrogens is 265 g/mol. The number of carbonyl (C=O) groups excluding carboxylic acids is 1. The van der Waals surface area contributed by atoms with Crippen molar-refractivity contribution in [1.82, 2.24) is 4.90 Å². The Morgan fingerprint density at radius 1 is 1.42 bits per heavy atom. The first-order valence-electron chi connectivity index (χ1n) is 6.36. The number of para-hydroxylation sites is 1. The molecule has 0 amide bonds. The Hall–Kier alpha value is 0.0264. The van der Waals surface area contributed by atoms with E-state index in [4.69, 9.17) is 4.74 Å². The summed E-state index contributed by atoms with van der Waals surface area (Å²) in [5.41, 5.74) is 2.06. The van der Waals surface area contributed by atoms with Gasteiger partial charge in [-0.1, -0.05) is 24.8 Å². The van der Waals surface area contributed by atoms with Gasteiger partial charge in [-0.2, -0.15) is 0 Å². The Morgan fingerprint density at radius 3 is 2.74 bits per heavy atom. The van der Waals surface area contributed by atoms with Crippen LogP contribution in [0.4, 0.5) is 0 Å². The van der Waals surface area contributed by atoms with Crippen molar-refractivity contribution >= 4 is 57.4 Å². The molecule has 2 rings (SSSR count). The molecule has 1 saturated heterocycles. The van der Waals surface area contributed by atoms with E-state index < -0.39 is 5.97 Å². The van der Waals surface area contributed by atoms with Gasteiger partial charge in [0, 0.05) is 18.2 Å². The Bertz CT molecular complexity index is 453. The molecule has 0 aromatic heterocycles. The van der Waals surface area contributed by atoms with Crippen LogP contribution in [-0.2, 0) is 11.3 Å². The van der Waals surface area contributed by atoms with Crippen LogP contribution in [0.3, 0.4) is 0 Å².